The first-order valence-corrected chi connectivity index (χ1v) is 10.8. The van der Waals surface area contributed by atoms with E-state index in [4.69, 9.17) is 15.5 Å². The van der Waals surface area contributed by atoms with Crippen LogP contribution in [0.4, 0.5) is 11.4 Å². The summed E-state index contributed by atoms with van der Waals surface area (Å²) in [5.74, 6) is 0.817. The molecule has 0 unspecified atom stereocenters. The number of carbonyl (C=O) groups is 1. The van der Waals surface area contributed by atoms with Gasteiger partial charge in [-0.05, 0) is 43.4 Å². The van der Waals surface area contributed by atoms with E-state index in [1.165, 1.54) is 0 Å². The van der Waals surface area contributed by atoms with Gasteiger partial charge in [0.2, 0.25) is 0 Å². The zero-order valence-corrected chi connectivity index (χ0v) is 17.9. The maximum Gasteiger partial charge on any atom is 0.351 e. The quantitative estimate of drug-likeness (QED) is 0.423. The maximum atomic E-state index is 12.8. The van der Waals surface area contributed by atoms with Crippen molar-refractivity contribution in [2.75, 3.05) is 31.6 Å². The van der Waals surface area contributed by atoms with Crippen molar-refractivity contribution in [3.63, 3.8) is 0 Å². The molecule has 0 saturated carbocycles. The highest BCUT2D eigenvalue weighted by molar-refractivity contribution is 6.12. The molecule has 0 aliphatic carbocycles. The first kappa shape index (κ1) is 21.8. The molecule has 0 amide bonds. The van der Waals surface area contributed by atoms with Crippen molar-refractivity contribution in [3.8, 4) is 6.07 Å². The fourth-order valence-electron chi connectivity index (χ4n) is 3.81. The molecule has 30 heavy (non-hydrogen) atoms. The molecule has 0 bridgehead atoms. The fourth-order valence-corrected chi connectivity index (χ4v) is 3.81. The maximum absolute atomic E-state index is 12.8. The summed E-state index contributed by atoms with van der Waals surface area (Å²) in [4.78, 5) is 19.8. The van der Waals surface area contributed by atoms with Gasteiger partial charge in [-0.25, -0.2) is 9.79 Å². The van der Waals surface area contributed by atoms with Gasteiger partial charge in [-0.1, -0.05) is 38.8 Å². The second-order valence-corrected chi connectivity index (χ2v) is 7.89. The predicted octanol–water partition coefficient (Wildman–Crippen LogP) is 3.57. The Morgan fingerprint density at radius 2 is 2.03 bits per heavy atom. The van der Waals surface area contributed by atoms with Gasteiger partial charge in [0.05, 0.1) is 18.0 Å². The van der Waals surface area contributed by atoms with Crippen molar-refractivity contribution in [2.45, 2.75) is 39.5 Å². The molecule has 3 rings (SSSR count). The number of hydrogen-bond acceptors (Lipinski definition) is 7. The molecule has 0 spiro atoms. The number of ether oxygens (including phenoxy) is 1. The van der Waals surface area contributed by atoms with Crippen LogP contribution in [0.25, 0.3) is 0 Å². The molecule has 1 saturated heterocycles. The number of esters is 1. The molecule has 0 aromatic heterocycles. The molecule has 1 aromatic carbocycles. The molecule has 7 heteroatoms. The number of rotatable bonds is 6. The lowest BCUT2D eigenvalue weighted by Gasteiger charge is -2.36. The number of benzene rings is 1. The smallest absolute Gasteiger partial charge is 0.351 e. The standard InChI is InChI=1S/C23H31N5O2/c1-3-16(4-2)15-30-23(29)18(14-25)21-22(28-11-9-17(13-24)10-12-28)27-20-8-6-5-7-19(20)26-21/h5-8,16-17,26H,3-4,9-13,15,24H2,1-2H3/b21-18-. The molecule has 1 fully saturated rings. The minimum Gasteiger partial charge on any atom is -0.461 e. The van der Waals surface area contributed by atoms with Crippen LogP contribution in [0.1, 0.15) is 39.5 Å². The highest BCUT2D eigenvalue weighted by atomic mass is 16.5. The van der Waals surface area contributed by atoms with Gasteiger partial charge >= 0.3 is 5.97 Å². The Kier molecular flexibility index (Phi) is 7.47. The monoisotopic (exact) mass is 409 g/mol. The lowest BCUT2D eigenvalue weighted by atomic mass is 9.96. The normalized spacial score (nSPS) is 18.2. The SMILES string of the molecule is CCC(CC)COC(=O)/C(C#N)=C1\Nc2ccccc2N=C1N1CCC(CN)CC1. The number of para-hydroxylation sites is 2. The number of nitrogens with two attached hydrogens (primary N) is 1. The van der Waals surface area contributed by atoms with Crippen molar-refractivity contribution in [1.82, 2.24) is 4.90 Å². The molecule has 2 heterocycles. The molecular formula is C23H31N5O2. The van der Waals surface area contributed by atoms with Crippen LogP contribution >= 0.6 is 0 Å². The van der Waals surface area contributed by atoms with Crippen molar-refractivity contribution in [2.24, 2.45) is 22.6 Å². The van der Waals surface area contributed by atoms with Crippen LogP contribution in [0.2, 0.25) is 0 Å². The molecule has 1 aromatic rings. The van der Waals surface area contributed by atoms with E-state index in [9.17, 15) is 10.1 Å². The van der Waals surface area contributed by atoms with Gasteiger partial charge in [-0.2, -0.15) is 5.26 Å². The number of nitriles is 1. The lowest BCUT2D eigenvalue weighted by Crippen LogP contribution is -2.43. The van der Waals surface area contributed by atoms with Crippen LogP contribution in [0.5, 0.6) is 0 Å². The highest BCUT2D eigenvalue weighted by Gasteiger charge is 2.30. The third-order valence-corrected chi connectivity index (χ3v) is 6.03. The molecule has 0 radical (unpaired) electrons. The Labute approximate surface area is 178 Å². The van der Waals surface area contributed by atoms with Crippen LogP contribution in [-0.2, 0) is 9.53 Å². The van der Waals surface area contributed by atoms with Crippen LogP contribution in [0.15, 0.2) is 40.5 Å². The van der Waals surface area contributed by atoms with Crippen LogP contribution in [-0.4, -0.2) is 42.9 Å². The molecule has 2 aliphatic heterocycles. The largest absolute Gasteiger partial charge is 0.461 e. The molecular weight excluding hydrogens is 378 g/mol. The molecule has 0 atom stereocenters. The van der Waals surface area contributed by atoms with E-state index in [1.807, 2.05) is 24.3 Å². The highest BCUT2D eigenvalue weighted by Crippen LogP contribution is 2.33. The third-order valence-electron chi connectivity index (χ3n) is 6.03. The number of fused-ring (bicyclic) bond motifs is 1. The third kappa shape index (κ3) is 4.82. The minimum absolute atomic E-state index is 0.0323. The summed E-state index contributed by atoms with van der Waals surface area (Å²) >= 11 is 0. The van der Waals surface area contributed by atoms with E-state index in [-0.39, 0.29) is 5.57 Å². The van der Waals surface area contributed by atoms with Crippen molar-refractivity contribution in [3.05, 3.63) is 35.5 Å². The average Bonchev–Trinajstić information content (AvgIpc) is 2.80. The summed E-state index contributed by atoms with van der Waals surface area (Å²) in [6.45, 7) is 6.71. The topological polar surface area (TPSA) is 104 Å². The Morgan fingerprint density at radius 3 is 2.67 bits per heavy atom. The summed E-state index contributed by atoms with van der Waals surface area (Å²) < 4.78 is 5.50. The summed E-state index contributed by atoms with van der Waals surface area (Å²) in [6, 6.07) is 9.70. The van der Waals surface area contributed by atoms with Gasteiger partial charge in [0.15, 0.2) is 11.4 Å². The molecule has 2 aliphatic rings. The number of hydrogen-bond donors (Lipinski definition) is 2. The predicted molar refractivity (Wildman–Crippen MR) is 118 cm³/mol. The van der Waals surface area contributed by atoms with E-state index in [2.05, 4.69) is 30.1 Å². The summed E-state index contributed by atoms with van der Waals surface area (Å²) in [6.07, 6.45) is 3.78. The Bertz CT molecular complexity index is 859. The zero-order valence-electron chi connectivity index (χ0n) is 17.9. The van der Waals surface area contributed by atoms with Crippen molar-refractivity contribution < 1.29 is 9.53 Å². The Balaban J connectivity index is 1.93. The first-order valence-electron chi connectivity index (χ1n) is 10.8. The summed E-state index contributed by atoms with van der Waals surface area (Å²) in [7, 11) is 0. The van der Waals surface area contributed by atoms with Gasteiger partial charge in [0, 0.05) is 13.1 Å². The first-order chi connectivity index (χ1) is 14.6. The van der Waals surface area contributed by atoms with Gasteiger partial charge in [0.25, 0.3) is 0 Å². The number of nitrogens with zero attached hydrogens (tertiary/aromatic N) is 3. The number of carbonyl (C=O) groups excluding carboxylic acids is 1. The Morgan fingerprint density at radius 1 is 1.33 bits per heavy atom. The number of nitrogens with one attached hydrogen (secondary N) is 1. The van der Waals surface area contributed by atoms with E-state index in [1.54, 1.807) is 0 Å². The lowest BCUT2D eigenvalue weighted by molar-refractivity contribution is -0.140. The van der Waals surface area contributed by atoms with Gasteiger partial charge < -0.3 is 20.7 Å². The van der Waals surface area contributed by atoms with E-state index < -0.39 is 5.97 Å². The number of anilines is 1. The Hall–Kier alpha value is -2.85. The molecule has 3 N–H and O–H groups in total. The summed E-state index contributed by atoms with van der Waals surface area (Å²) in [5, 5.41) is 13.1. The van der Waals surface area contributed by atoms with Crippen molar-refractivity contribution >= 4 is 23.2 Å². The van der Waals surface area contributed by atoms with Gasteiger partial charge in [-0.3, -0.25) is 0 Å². The van der Waals surface area contributed by atoms with Crippen LogP contribution in [0.3, 0.4) is 0 Å². The van der Waals surface area contributed by atoms with Gasteiger partial charge in [0.1, 0.15) is 11.8 Å². The number of likely N-dealkylation sites (tertiary alicyclic amines) is 1. The summed E-state index contributed by atoms with van der Waals surface area (Å²) in [5.41, 5.74) is 7.79. The van der Waals surface area contributed by atoms with Crippen LogP contribution in [0, 0.1) is 23.2 Å². The van der Waals surface area contributed by atoms with Crippen molar-refractivity contribution in [1.29, 1.82) is 5.26 Å². The molecule has 160 valence electrons. The molecule has 7 nitrogen and oxygen atoms in total. The second kappa shape index (κ2) is 10.3. The van der Waals surface area contributed by atoms with E-state index in [0.717, 1.165) is 50.1 Å². The minimum atomic E-state index is -0.601. The number of aliphatic imine (C=N–C) groups is 1. The van der Waals surface area contributed by atoms with Crippen LogP contribution < -0.4 is 11.1 Å². The fraction of sp³-hybridized carbons (Fsp3) is 0.522. The van der Waals surface area contributed by atoms with E-state index in [0.29, 0.717) is 36.5 Å². The van der Waals surface area contributed by atoms with Gasteiger partial charge in [-0.15, -0.1) is 0 Å². The van der Waals surface area contributed by atoms with E-state index >= 15 is 0 Å². The second-order valence-electron chi connectivity index (χ2n) is 7.89. The average molecular weight is 410 g/mol. The number of amidine groups is 1. The zero-order chi connectivity index (χ0) is 21.5. The number of piperidine rings is 1.